The van der Waals surface area contributed by atoms with Crippen LogP contribution in [0.1, 0.15) is 27.8 Å². The quantitative estimate of drug-likeness (QED) is 0.0815. The Kier molecular flexibility index (Phi) is 11.2. The number of anilines is 2. The number of aromatic nitrogens is 1. The van der Waals surface area contributed by atoms with E-state index in [0.717, 1.165) is 38.7 Å². The van der Waals surface area contributed by atoms with E-state index < -0.39 is 5.41 Å². The molecule has 1 aliphatic rings. The first-order chi connectivity index (χ1) is 37.6. The molecule has 0 fully saturated rings. The van der Waals surface area contributed by atoms with Crippen molar-refractivity contribution in [3.8, 4) is 39.1 Å². The maximum Gasteiger partial charge on any atom is 0.0714 e. The van der Waals surface area contributed by atoms with E-state index in [1.54, 1.807) is 0 Å². The van der Waals surface area contributed by atoms with E-state index in [1.807, 2.05) is 18.2 Å². The topological polar surface area (TPSA) is 8.17 Å². The van der Waals surface area contributed by atoms with Crippen LogP contribution in [-0.4, -0.2) is 4.57 Å². The molecule has 12 aromatic carbocycles. The van der Waals surface area contributed by atoms with E-state index in [1.165, 1.54) is 87.9 Å². The van der Waals surface area contributed by atoms with Crippen LogP contribution in [-0.2, 0) is 5.41 Å². The minimum Gasteiger partial charge on any atom is -0.317 e. The summed E-state index contributed by atoms with van der Waals surface area (Å²) in [7, 11) is 0. The van der Waals surface area contributed by atoms with Crippen LogP contribution < -0.4 is 4.90 Å². The van der Waals surface area contributed by atoms with Crippen LogP contribution in [0.25, 0.3) is 87.3 Å². The molecule has 2 nitrogen and oxygen atoms in total. The number of fused-ring (bicyclic) bond motifs is 9. The molecule has 3 heteroatoms. The Morgan fingerprint density at radius 1 is 0.395 bits per heavy atom. The summed E-state index contributed by atoms with van der Waals surface area (Å²) in [6.07, 6.45) is 6.31. The summed E-state index contributed by atoms with van der Waals surface area (Å²) < 4.78 is 2.46. The highest BCUT2D eigenvalue weighted by atomic mass is 32.1. The second-order valence-corrected chi connectivity index (χ2v) is 20.2. The van der Waals surface area contributed by atoms with E-state index in [0.29, 0.717) is 0 Å². The third-order valence-electron chi connectivity index (χ3n) is 15.6. The van der Waals surface area contributed by atoms with Crippen molar-refractivity contribution in [3.05, 3.63) is 325 Å². The lowest BCUT2D eigenvalue weighted by atomic mass is 9.67. The molecule has 0 spiro atoms. The average Bonchev–Trinajstić information content (AvgIpc) is 4.03. The van der Waals surface area contributed by atoms with Gasteiger partial charge in [-0.2, -0.15) is 0 Å². The number of hydrogen-bond donors (Lipinski definition) is 1. The summed E-state index contributed by atoms with van der Waals surface area (Å²) in [5.74, 6) is 0. The van der Waals surface area contributed by atoms with Crippen molar-refractivity contribution in [1.82, 2.24) is 4.57 Å². The van der Waals surface area contributed by atoms with Gasteiger partial charge in [-0.3, -0.25) is 0 Å². The van der Waals surface area contributed by atoms with Gasteiger partial charge in [-0.05, 0) is 138 Å². The lowest BCUT2D eigenvalue weighted by molar-refractivity contribution is 0.767. The van der Waals surface area contributed by atoms with E-state index in [4.69, 9.17) is 12.6 Å². The maximum atomic E-state index is 4.87. The number of allylic oxidation sites excluding steroid dienone is 2. The molecular weight excluding hydrogens is 937 g/mol. The lowest BCUT2D eigenvalue weighted by Crippen LogP contribution is -2.28. The summed E-state index contributed by atoms with van der Waals surface area (Å²) in [6.45, 7) is 0. The molecule has 0 amide bonds. The summed E-state index contributed by atoms with van der Waals surface area (Å²) in [4.78, 5) is 3.20. The number of hydrogen-bond acceptors (Lipinski definition) is 2. The summed E-state index contributed by atoms with van der Waals surface area (Å²) in [5, 5.41) is 7.32. The average molecular weight is 987 g/mol. The molecule has 0 saturated heterocycles. The standard InChI is InChI=1S/C73H50N2S/c76-72(53-19-4-1-5-20-53)33-18-46-74(71-48-55-21-10-11-26-60(55)61-27-12-13-29-64(61)71)58-41-38-51(39-42-58)50-34-36-52(37-35-50)54-40-45-70-66(47-54)65-30-15-17-32-69(65)75(70)59-43-44-63-62-28-14-16-31-67(62)73(68(63)49-59,56-22-6-2-7-23-56)57-24-8-3-9-25-57/h1-49,76H/b46-18+,72-33-. The van der Waals surface area contributed by atoms with Crippen molar-refractivity contribution >= 4 is 72.3 Å². The summed E-state index contributed by atoms with van der Waals surface area (Å²) in [5.41, 5.74) is 18.7. The molecule has 1 aromatic heterocycles. The highest BCUT2D eigenvalue weighted by molar-refractivity contribution is 7.90. The molecule has 0 saturated carbocycles. The smallest absolute Gasteiger partial charge is 0.0714 e. The van der Waals surface area contributed by atoms with Crippen LogP contribution in [0, 0.1) is 0 Å². The highest BCUT2D eigenvalue weighted by Crippen LogP contribution is 2.56. The second kappa shape index (κ2) is 18.8. The van der Waals surface area contributed by atoms with Crippen LogP contribution in [0.15, 0.2) is 297 Å². The zero-order chi connectivity index (χ0) is 50.6. The summed E-state index contributed by atoms with van der Waals surface area (Å²) >= 11 is 4.87. The van der Waals surface area contributed by atoms with Gasteiger partial charge in [-0.1, -0.05) is 231 Å². The van der Waals surface area contributed by atoms with Crippen LogP contribution in [0.4, 0.5) is 11.4 Å². The molecule has 14 rings (SSSR count). The third kappa shape index (κ3) is 7.50. The van der Waals surface area contributed by atoms with Gasteiger partial charge < -0.3 is 9.47 Å². The van der Waals surface area contributed by atoms with E-state index in [-0.39, 0.29) is 0 Å². The van der Waals surface area contributed by atoms with Crippen molar-refractivity contribution in [1.29, 1.82) is 0 Å². The van der Waals surface area contributed by atoms with Crippen LogP contribution in [0.5, 0.6) is 0 Å². The van der Waals surface area contributed by atoms with Crippen LogP contribution in [0.2, 0.25) is 0 Å². The molecule has 0 atom stereocenters. The Bertz CT molecular complexity index is 4340. The number of nitrogens with zero attached hydrogens (tertiary/aromatic N) is 2. The first-order valence-electron chi connectivity index (χ1n) is 26.0. The minimum absolute atomic E-state index is 0.479. The van der Waals surface area contributed by atoms with Crippen molar-refractivity contribution in [2.45, 2.75) is 5.41 Å². The first kappa shape index (κ1) is 45.2. The molecule has 76 heavy (non-hydrogen) atoms. The third-order valence-corrected chi connectivity index (χ3v) is 16.0. The maximum absolute atomic E-state index is 4.87. The Morgan fingerprint density at radius 3 is 1.66 bits per heavy atom. The van der Waals surface area contributed by atoms with Gasteiger partial charge in [0.15, 0.2) is 0 Å². The molecule has 0 N–H and O–H groups in total. The SMILES string of the molecule is S/C(=C\C=C\N(c1ccc(-c2ccc(-c3ccc4c(c3)c3ccccc3n4-c3ccc4c(c3)C(c3ccccc3)(c3ccccc3)c3ccccc3-4)cc2)cc1)c1cc2ccccc2c2ccccc12)c1ccccc1. The van der Waals surface area contributed by atoms with Gasteiger partial charge in [-0.25, -0.2) is 0 Å². The van der Waals surface area contributed by atoms with Gasteiger partial charge in [0.05, 0.1) is 22.1 Å². The van der Waals surface area contributed by atoms with Crippen molar-refractivity contribution in [3.63, 3.8) is 0 Å². The normalized spacial score (nSPS) is 12.9. The molecular formula is C73H50N2S. The largest absolute Gasteiger partial charge is 0.317 e. The Labute approximate surface area is 448 Å². The Morgan fingerprint density at radius 2 is 0.934 bits per heavy atom. The highest BCUT2D eigenvalue weighted by Gasteiger charge is 2.46. The monoisotopic (exact) mass is 986 g/mol. The predicted octanol–water partition coefficient (Wildman–Crippen LogP) is 19.4. The van der Waals surface area contributed by atoms with Crippen molar-refractivity contribution < 1.29 is 0 Å². The number of thiol groups is 1. The van der Waals surface area contributed by atoms with Crippen molar-refractivity contribution in [2.24, 2.45) is 0 Å². The Balaban J connectivity index is 0.813. The van der Waals surface area contributed by atoms with Crippen molar-refractivity contribution in [2.75, 3.05) is 4.90 Å². The molecule has 1 aliphatic carbocycles. The fourth-order valence-corrected chi connectivity index (χ4v) is 12.4. The van der Waals surface area contributed by atoms with E-state index in [9.17, 15) is 0 Å². The molecule has 358 valence electrons. The number of para-hydroxylation sites is 1. The predicted molar refractivity (Wildman–Crippen MR) is 325 cm³/mol. The van der Waals surface area contributed by atoms with Crippen LogP contribution >= 0.6 is 12.6 Å². The molecule has 0 bridgehead atoms. The van der Waals surface area contributed by atoms with E-state index >= 15 is 0 Å². The summed E-state index contributed by atoms with van der Waals surface area (Å²) in [6, 6.07) is 102. The van der Waals surface area contributed by atoms with Gasteiger partial charge in [0.2, 0.25) is 0 Å². The van der Waals surface area contributed by atoms with Gasteiger partial charge >= 0.3 is 0 Å². The molecule has 1 heterocycles. The fraction of sp³-hybridized carbons (Fsp3) is 0.0137. The molecule has 0 aliphatic heterocycles. The van der Waals surface area contributed by atoms with Gasteiger partial charge in [0.1, 0.15) is 0 Å². The fourth-order valence-electron chi connectivity index (χ4n) is 12.1. The number of rotatable bonds is 10. The van der Waals surface area contributed by atoms with Gasteiger partial charge in [-0.15, -0.1) is 12.6 Å². The van der Waals surface area contributed by atoms with E-state index in [2.05, 4.69) is 289 Å². The molecule has 0 unspecified atom stereocenters. The lowest BCUT2D eigenvalue weighted by Gasteiger charge is -2.34. The van der Waals surface area contributed by atoms with Gasteiger partial charge in [0, 0.05) is 38.6 Å². The zero-order valence-electron chi connectivity index (χ0n) is 41.6. The Hall–Kier alpha value is -9.41. The first-order valence-corrected chi connectivity index (χ1v) is 26.5. The second-order valence-electron chi connectivity index (χ2n) is 19.8. The van der Waals surface area contributed by atoms with Gasteiger partial charge in [0.25, 0.3) is 0 Å². The molecule has 13 aromatic rings. The minimum atomic E-state index is -0.479. The zero-order valence-corrected chi connectivity index (χ0v) is 42.5. The molecule has 0 radical (unpaired) electrons. The van der Waals surface area contributed by atoms with Crippen LogP contribution in [0.3, 0.4) is 0 Å². The number of benzene rings is 12.